The van der Waals surface area contributed by atoms with Gasteiger partial charge >= 0.3 is 0 Å². The predicted molar refractivity (Wildman–Crippen MR) is 63.4 cm³/mol. The molecule has 0 saturated carbocycles. The third-order valence-corrected chi connectivity index (χ3v) is 3.46. The van der Waals surface area contributed by atoms with E-state index in [1.165, 1.54) is 5.69 Å². The zero-order chi connectivity index (χ0) is 11.8. The van der Waals surface area contributed by atoms with Gasteiger partial charge in [-0.2, -0.15) is 0 Å². The van der Waals surface area contributed by atoms with E-state index in [9.17, 15) is 0 Å². The van der Waals surface area contributed by atoms with Gasteiger partial charge in [0, 0.05) is 25.8 Å². The summed E-state index contributed by atoms with van der Waals surface area (Å²) in [6.45, 7) is 7.42. The lowest BCUT2D eigenvalue weighted by Gasteiger charge is -2.39. The van der Waals surface area contributed by atoms with E-state index in [0.29, 0.717) is 0 Å². The Labute approximate surface area is 96.8 Å². The fourth-order valence-electron chi connectivity index (χ4n) is 2.60. The van der Waals surface area contributed by atoms with Crippen LogP contribution in [0.2, 0.25) is 0 Å². The van der Waals surface area contributed by atoms with Gasteiger partial charge in [0.1, 0.15) is 0 Å². The summed E-state index contributed by atoms with van der Waals surface area (Å²) in [7, 11) is 1.76. The molecule has 0 aliphatic carbocycles. The highest BCUT2D eigenvalue weighted by Gasteiger charge is 2.38. The molecular weight excluding hydrogens is 202 g/mol. The van der Waals surface area contributed by atoms with Crippen molar-refractivity contribution in [1.82, 2.24) is 15.3 Å². The average Bonchev–Trinajstić information content (AvgIpc) is 2.66. The van der Waals surface area contributed by atoms with Crippen LogP contribution in [0.3, 0.4) is 0 Å². The molecule has 0 bridgehead atoms. The molecule has 1 aromatic rings. The number of rotatable bonds is 3. The van der Waals surface area contributed by atoms with Crippen molar-refractivity contribution >= 4 is 0 Å². The van der Waals surface area contributed by atoms with E-state index in [2.05, 4.69) is 36.1 Å². The Balaban J connectivity index is 2.27. The topological polar surface area (TPSA) is 49.9 Å². The normalized spacial score (nSPS) is 25.5. The largest absolute Gasteiger partial charge is 0.379 e. The maximum atomic E-state index is 5.52. The van der Waals surface area contributed by atoms with E-state index >= 15 is 0 Å². The summed E-state index contributed by atoms with van der Waals surface area (Å²) < 4.78 is 5.52. The summed E-state index contributed by atoms with van der Waals surface area (Å²) in [5, 5.41) is 3.57. The van der Waals surface area contributed by atoms with E-state index in [0.717, 1.165) is 25.1 Å². The number of aromatic nitrogens is 2. The molecule has 90 valence electrons. The monoisotopic (exact) mass is 223 g/mol. The van der Waals surface area contributed by atoms with Gasteiger partial charge in [0.25, 0.3) is 0 Å². The third kappa shape index (κ3) is 1.99. The first kappa shape index (κ1) is 11.6. The first-order valence-corrected chi connectivity index (χ1v) is 5.80. The first-order chi connectivity index (χ1) is 7.47. The highest BCUT2D eigenvalue weighted by atomic mass is 16.5. The minimum atomic E-state index is -0.144. The number of nitrogens with one attached hydrogen (secondary N) is 2. The van der Waals surface area contributed by atoms with Gasteiger partial charge in [0.05, 0.1) is 23.2 Å². The summed E-state index contributed by atoms with van der Waals surface area (Å²) in [4.78, 5) is 7.68. The number of H-pyrrole nitrogens is 1. The van der Waals surface area contributed by atoms with E-state index in [4.69, 9.17) is 4.74 Å². The molecule has 1 aliphatic rings. The van der Waals surface area contributed by atoms with E-state index in [-0.39, 0.29) is 11.1 Å². The van der Waals surface area contributed by atoms with Crippen molar-refractivity contribution in [1.29, 1.82) is 0 Å². The first-order valence-electron chi connectivity index (χ1n) is 5.80. The standard InChI is InChI=1S/C12H21N3O/c1-11(2,16-4)7-12(3)10-9(5-6-15-12)13-8-14-10/h8,15H,5-7H2,1-4H3,(H,13,14). The minimum absolute atomic E-state index is 0.0902. The molecule has 0 amide bonds. The maximum absolute atomic E-state index is 5.52. The zero-order valence-electron chi connectivity index (χ0n) is 10.6. The predicted octanol–water partition coefficient (Wildman–Crippen LogP) is 1.59. The summed E-state index contributed by atoms with van der Waals surface area (Å²) in [5.74, 6) is 0. The Morgan fingerprint density at radius 1 is 1.56 bits per heavy atom. The molecule has 16 heavy (non-hydrogen) atoms. The Bertz CT molecular complexity index is 372. The van der Waals surface area contributed by atoms with Gasteiger partial charge in [-0.1, -0.05) is 0 Å². The molecule has 0 aromatic carbocycles. The number of hydrogen-bond donors (Lipinski definition) is 2. The second-order valence-electron chi connectivity index (χ2n) is 5.38. The molecule has 0 saturated heterocycles. The van der Waals surface area contributed by atoms with Crippen molar-refractivity contribution in [2.24, 2.45) is 0 Å². The van der Waals surface area contributed by atoms with Crippen LogP contribution >= 0.6 is 0 Å². The lowest BCUT2D eigenvalue weighted by atomic mass is 9.82. The quantitative estimate of drug-likeness (QED) is 0.818. The van der Waals surface area contributed by atoms with Gasteiger partial charge in [-0.3, -0.25) is 0 Å². The molecule has 1 unspecified atom stereocenters. The fourth-order valence-corrected chi connectivity index (χ4v) is 2.60. The summed E-state index contributed by atoms with van der Waals surface area (Å²) in [6.07, 6.45) is 3.72. The van der Waals surface area contributed by atoms with Crippen molar-refractivity contribution in [2.75, 3.05) is 13.7 Å². The molecule has 2 heterocycles. The number of hydrogen-bond acceptors (Lipinski definition) is 3. The van der Waals surface area contributed by atoms with Crippen molar-refractivity contribution < 1.29 is 4.74 Å². The van der Waals surface area contributed by atoms with Crippen LogP contribution in [0.25, 0.3) is 0 Å². The smallest absolute Gasteiger partial charge is 0.0926 e. The number of nitrogens with zero attached hydrogens (tertiary/aromatic N) is 1. The van der Waals surface area contributed by atoms with Gasteiger partial charge in [-0.05, 0) is 27.2 Å². The van der Waals surface area contributed by atoms with E-state index in [1.807, 2.05) is 0 Å². The van der Waals surface area contributed by atoms with Gasteiger partial charge in [-0.25, -0.2) is 4.98 Å². The van der Waals surface area contributed by atoms with E-state index < -0.39 is 0 Å². The van der Waals surface area contributed by atoms with Crippen LogP contribution in [0, 0.1) is 0 Å². The molecule has 1 atom stereocenters. The van der Waals surface area contributed by atoms with Crippen LogP contribution in [0.4, 0.5) is 0 Å². The number of methoxy groups -OCH3 is 1. The van der Waals surface area contributed by atoms with Crippen LogP contribution in [0.5, 0.6) is 0 Å². The summed E-state index contributed by atoms with van der Waals surface area (Å²) in [6, 6.07) is 0. The third-order valence-electron chi connectivity index (χ3n) is 3.46. The van der Waals surface area contributed by atoms with Gasteiger partial charge in [0.15, 0.2) is 0 Å². The average molecular weight is 223 g/mol. The zero-order valence-corrected chi connectivity index (χ0v) is 10.6. The maximum Gasteiger partial charge on any atom is 0.0926 e. The van der Waals surface area contributed by atoms with Crippen LogP contribution in [0.1, 0.15) is 38.6 Å². The van der Waals surface area contributed by atoms with Crippen LogP contribution in [-0.2, 0) is 16.7 Å². The lowest BCUT2D eigenvalue weighted by molar-refractivity contribution is -0.00886. The number of fused-ring (bicyclic) bond motifs is 1. The van der Waals surface area contributed by atoms with Crippen molar-refractivity contribution in [3.05, 3.63) is 17.7 Å². The van der Waals surface area contributed by atoms with Crippen LogP contribution in [-0.4, -0.2) is 29.2 Å². The molecular formula is C12H21N3O. The van der Waals surface area contributed by atoms with Crippen molar-refractivity contribution in [2.45, 2.75) is 44.8 Å². The molecule has 4 heteroatoms. The number of imidazole rings is 1. The molecule has 2 N–H and O–H groups in total. The van der Waals surface area contributed by atoms with Crippen molar-refractivity contribution in [3.63, 3.8) is 0 Å². The highest BCUT2D eigenvalue weighted by molar-refractivity contribution is 5.24. The van der Waals surface area contributed by atoms with Gasteiger partial charge in [0.2, 0.25) is 0 Å². The number of ether oxygens (including phenoxy) is 1. The molecule has 1 aromatic heterocycles. The molecule has 2 rings (SSSR count). The lowest BCUT2D eigenvalue weighted by Crippen LogP contribution is -2.49. The minimum Gasteiger partial charge on any atom is -0.379 e. The number of aromatic amines is 1. The Kier molecular flexibility index (Phi) is 2.80. The Hall–Kier alpha value is -0.870. The molecule has 0 radical (unpaired) electrons. The molecule has 0 fully saturated rings. The molecule has 4 nitrogen and oxygen atoms in total. The van der Waals surface area contributed by atoms with Gasteiger partial charge in [-0.15, -0.1) is 0 Å². The highest BCUT2D eigenvalue weighted by Crippen LogP contribution is 2.34. The SMILES string of the molecule is COC(C)(C)CC1(C)NCCc2[nH]cnc21. The molecule has 0 spiro atoms. The second kappa shape index (κ2) is 3.86. The Morgan fingerprint density at radius 3 is 3.00 bits per heavy atom. The van der Waals surface area contributed by atoms with Crippen LogP contribution < -0.4 is 5.32 Å². The summed E-state index contributed by atoms with van der Waals surface area (Å²) in [5.41, 5.74) is 2.17. The molecule has 1 aliphatic heterocycles. The van der Waals surface area contributed by atoms with Gasteiger partial charge < -0.3 is 15.0 Å². The summed E-state index contributed by atoms with van der Waals surface area (Å²) >= 11 is 0. The van der Waals surface area contributed by atoms with Crippen molar-refractivity contribution in [3.8, 4) is 0 Å². The van der Waals surface area contributed by atoms with E-state index in [1.54, 1.807) is 13.4 Å². The van der Waals surface area contributed by atoms with Crippen LogP contribution in [0.15, 0.2) is 6.33 Å². The Morgan fingerprint density at radius 2 is 2.31 bits per heavy atom. The fraction of sp³-hybridized carbons (Fsp3) is 0.750. The second-order valence-corrected chi connectivity index (χ2v) is 5.38.